The molecule has 542 valence electrons. The number of ether oxygens (including phenoxy) is 14. The van der Waals surface area contributed by atoms with Crippen LogP contribution in [-0.2, 0) is 61.6 Å². The summed E-state index contributed by atoms with van der Waals surface area (Å²) in [6, 6.07) is 9.84. The summed E-state index contributed by atoms with van der Waals surface area (Å²) < 4.78 is 85.0. The number of hydrogen-bond donors (Lipinski definition) is 23. The predicted octanol–water partition coefficient (Wildman–Crippen LogP) is -12.7. The van der Waals surface area contributed by atoms with Gasteiger partial charge in [0.05, 0.1) is 57.2 Å². The molecule has 0 saturated carbocycles. The topological polar surface area (TPSA) is 625 Å². The van der Waals surface area contributed by atoms with Gasteiger partial charge < -0.3 is 188 Å². The molecule has 7 aliphatic rings. The van der Waals surface area contributed by atoms with Gasteiger partial charge in [0.25, 0.3) is 0 Å². The maximum absolute atomic E-state index is 13.3. The number of aliphatic hydroxyl groups is 22. The highest BCUT2D eigenvalue weighted by atomic mass is 16.8. The summed E-state index contributed by atoms with van der Waals surface area (Å²) in [6.45, 7) is -7.02. The number of rotatable bonds is 22. The molecule has 3 aromatic rings. The Hall–Kier alpha value is -4.15. The second kappa shape index (κ2) is 31.8. The SMILES string of the molecule is O=c1c(-c2ccc(O)cc2)coc2cc(O[C@@H]3O[C@H](CO)[C@@H](O[C@@H]4O[C@H](CO)[C@@H](O[C@@H]5O[C@H](CO)[C@@H](O[C@@H]6O[C@H](CO)[C@@H](O[C@@H]7O[C@H](CO)[C@@H](O[C@@H]8O[C@H](CO)[C@@H](O[C@@H]9O[C@H](CO)[C@@H](O)[C@H](O)[C@H]9O)[C@H](O)[C@H]8O)[C@H](O)[C@H]7O)[C@H](O)[C@H]6O)[C@H](O)[C@H]5O)[C@H](O)[C@H]4O)[C@H](O)[C@H]3O)ccc12. The molecule has 0 radical (unpaired) electrons. The zero-order valence-corrected chi connectivity index (χ0v) is 50.1. The number of phenolic OH excluding ortho intramolecular Hbond substituents is 1. The first-order valence-corrected chi connectivity index (χ1v) is 30.3. The van der Waals surface area contributed by atoms with Gasteiger partial charge in [-0.25, -0.2) is 0 Å². The van der Waals surface area contributed by atoms with Gasteiger partial charge in [-0.15, -0.1) is 0 Å². The molecular weight excluding hydrogens is 1310 g/mol. The van der Waals surface area contributed by atoms with E-state index in [4.69, 9.17) is 70.7 Å². The molecule has 8 heterocycles. The zero-order chi connectivity index (χ0) is 69.5. The van der Waals surface area contributed by atoms with Gasteiger partial charge in [0, 0.05) is 6.07 Å². The van der Waals surface area contributed by atoms with Crippen LogP contribution < -0.4 is 10.2 Å². The second-order valence-corrected chi connectivity index (χ2v) is 23.8. The molecule has 0 unspecified atom stereocenters. The molecule has 7 fully saturated rings. The molecule has 1 aromatic heterocycles. The summed E-state index contributed by atoms with van der Waals surface area (Å²) >= 11 is 0. The number of benzene rings is 2. The fraction of sp³-hybridized carbons (Fsp3) is 0.737. The van der Waals surface area contributed by atoms with Crippen LogP contribution in [0, 0.1) is 0 Å². The van der Waals surface area contributed by atoms with Gasteiger partial charge in [0.15, 0.2) is 43.2 Å². The van der Waals surface area contributed by atoms with E-state index in [0.29, 0.717) is 5.56 Å². The van der Waals surface area contributed by atoms with Gasteiger partial charge in [0.2, 0.25) is 6.29 Å². The molecule has 23 N–H and O–H groups in total. The first-order valence-electron chi connectivity index (χ1n) is 30.3. The van der Waals surface area contributed by atoms with Crippen molar-refractivity contribution < 1.29 is 188 Å². The number of phenols is 1. The highest BCUT2D eigenvalue weighted by molar-refractivity contribution is 5.82. The molecule has 2 aromatic carbocycles. The summed E-state index contributed by atoms with van der Waals surface area (Å²) in [5.74, 6) is -0.0440. The van der Waals surface area contributed by atoms with E-state index in [0.717, 1.165) is 0 Å². The fourth-order valence-electron chi connectivity index (χ4n) is 12.2. The molecule has 0 aliphatic carbocycles. The average molecular weight is 1390 g/mol. The van der Waals surface area contributed by atoms with Gasteiger partial charge >= 0.3 is 0 Å². The second-order valence-electron chi connectivity index (χ2n) is 23.8. The average Bonchev–Trinajstić information content (AvgIpc) is 0.785. The largest absolute Gasteiger partial charge is 0.508 e. The third-order valence-corrected chi connectivity index (χ3v) is 17.7. The van der Waals surface area contributed by atoms with E-state index in [9.17, 15) is 122 Å². The smallest absolute Gasteiger partial charge is 0.229 e. The maximum Gasteiger partial charge on any atom is 0.229 e. The van der Waals surface area contributed by atoms with Crippen molar-refractivity contribution in [3.63, 3.8) is 0 Å². The summed E-state index contributed by atoms with van der Waals surface area (Å²) in [6.07, 6.45) is -67.0. The lowest BCUT2D eigenvalue weighted by atomic mass is 9.95. The van der Waals surface area contributed by atoms with E-state index in [1.165, 1.54) is 48.7 Å². The van der Waals surface area contributed by atoms with Crippen LogP contribution in [0.1, 0.15) is 0 Å². The molecular formula is C57H80O39. The Balaban J connectivity index is 0.721. The molecule has 0 spiro atoms. The van der Waals surface area contributed by atoms with Crippen molar-refractivity contribution in [1.82, 2.24) is 0 Å². The Morgan fingerprint density at radius 3 is 0.917 bits per heavy atom. The molecule has 7 aliphatic heterocycles. The Morgan fingerprint density at radius 2 is 0.604 bits per heavy atom. The van der Waals surface area contributed by atoms with Gasteiger partial charge in [0.1, 0.15) is 194 Å². The molecule has 39 heteroatoms. The first kappa shape index (κ1) is 74.5. The highest BCUT2D eigenvalue weighted by Gasteiger charge is 2.59. The van der Waals surface area contributed by atoms with Crippen molar-refractivity contribution in [2.24, 2.45) is 0 Å². The van der Waals surface area contributed by atoms with E-state index in [1.807, 2.05) is 0 Å². The molecule has 0 bridgehead atoms. The standard InChI is InChI=1S/C57H80O39/c58-8-22-30(67)31(68)38(75)52(84-22)91-46-24(10-60)86-54(40(77)33(46)70)93-48-26(12-62)88-56(42(79)35(48)72)95-50-28(14-64)90-57(44(81)37(50)74)96-49-27(13-63)89-55(43(80)36(49)73)94-47-25(11-61)87-53(41(78)34(47)71)92-45-23(9-59)85-51(39(76)32(45)69)83-18-5-6-19-21(7-18)82-15-20(29(19)66)16-1-3-17(65)4-2-16/h1-7,15,22-28,30-65,67-81H,8-14H2/t22-,23-,24-,25-,26-,27-,28-,30-,31+,32-,33-,34-,35-,36-,37-,38-,39-,40-,41-,42-,43-,44-,45-,46-,47-,48-,49-,50-,51-,52+,53+,54+,55+,56+,57+/m1/s1. The molecule has 7 saturated heterocycles. The van der Waals surface area contributed by atoms with Gasteiger partial charge in [-0.1, -0.05) is 12.1 Å². The minimum atomic E-state index is -2.25. The number of aromatic hydroxyl groups is 1. The number of fused-ring (bicyclic) bond motifs is 1. The lowest BCUT2D eigenvalue weighted by Crippen LogP contribution is -2.68. The van der Waals surface area contributed by atoms with Crippen molar-refractivity contribution in [1.29, 1.82) is 0 Å². The zero-order valence-electron chi connectivity index (χ0n) is 50.1. The Kier molecular flexibility index (Phi) is 24.7. The minimum Gasteiger partial charge on any atom is -0.508 e. The summed E-state index contributed by atoms with van der Waals surface area (Å²) in [7, 11) is 0. The monoisotopic (exact) mass is 1390 g/mol. The normalized spacial score (nSPS) is 45.6. The van der Waals surface area contributed by atoms with Crippen molar-refractivity contribution in [2.45, 2.75) is 215 Å². The van der Waals surface area contributed by atoms with Gasteiger partial charge in [-0.2, -0.15) is 0 Å². The fourth-order valence-corrected chi connectivity index (χ4v) is 12.2. The minimum absolute atomic E-state index is 0.0153. The van der Waals surface area contributed by atoms with Crippen LogP contribution >= 0.6 is 0 Å². The van der Waals surface area contributed by atoms with Crippen LogP contribution in [0.5, 0.6) is 11.5 Å². The lowest BCUT2D eigenvalue weighted by molar-refractivity contribution is -0.397. The Bertz CT molecular complexity index is 2990. The van der Waals surface area contributed by atoms with E-state index in [2.05, 4.69) is 0 Å². The first-order chi connectivity index (χ1) is 45.8. The van der Waals surface area contributed by atoms with Crippen LogP contribution in [0.4, 0.5) is 0 Å². The number of aliphatic hydroxyl groups excluding tert-OH is 22. The van der Waals surface area contributed by atoms with E-state index < -0.39 is 267 Å². The quantitative estimate of drug-likeness (QED) is 0.0444. The molecule has 10 rings (SSSR count). The number of hydrogen-bond acceptors (Lipinski definition) is 39. The highest BCUT2D eigenvalue weighted by Crippen LogP contribution is 2.39. The van der Waals surface area contributed by atoms with Crippen LogP contribution in [0.25, 0.3) is 22.1 Å². The predicted molar refractivity (Wildman–Crippen MR) is 300 cm³/mol. The third kappa shape index (κ3) is 14.9. The molecule has 96 heavy (non-hydrogen) atoms. The third-order valence-electron chi connectivity index (χ3n) is 17.7. The Morgan fingerprint density at radius 1 is 0.323 bits per heavy atom. The van der Waals surface area contributed by atoms with Crippen LogP contribution in [0.2, 0.25) is 0 Å². The van der Waals surface area contributed by atoms with E-state index in [1.54, 1.807) is 0 Å². The van der Waals surface area contributed by atoms with Gasteiger partial charge in [-0.3, -0.25) is 4.79 Å². The van der Waals surface area contributed by atoms with Crippen molar-refractivity contribution >= 4 is 11.0 Å². The van der Waals surface area contributed by atoms with E-state index >= 15 is 0 Å². The van der Waals surface area contributed by atoms with Crippen molar-refractivity contribution in [2.75, 3.05) is 46.2 Å². The summed E-state index contributed by atoms with van der Waals surface area (Å²) in [5.41, 5.74) is 0.283. The summed E-state index contributed by atoms with van der Waals surface area (Å²) in [5, 5.41) is 248. The van der Waals surface area contributed by atoms with Crippen molar-refractivity contribution in [3.05, 3.63) is 59.0 Å². The Labute approximate surface area is 540 Å². The molecule has 39 nitrogen and oxygen atoms in total. The van der Waals surface area contributed by atoms with Gasteiger partial charge in [-0.05, 0) is 29.8 Å². The molecule has 35 atom stereocenters. The van der Waals surface area contributed by atoms with Crippen LogP contribution in [0.3, 0.4) is 0 Å². The summed E-state index contributed by atoms with van der Waals surface area (Å²) in [4.78, 5) is 13.3. The van der Waals surface area contributed by atoms with Crippen LogP contribution in [0.15, 0.2) is 57.9 Å². The van der Waals surface area contributed by atoms with Crippen molar-refractivity contribution in [3.8, 4) is 22.6 Å². The lowest BCUT2D eigenvalue weighted by Gasteiger charge is -2.50. The maximum atomic E-state index is 13.3. The van der Waals surface area contributed by atoms with Crippen LogP contribution in [-0.4, -0.2) is 379 Å². The molecule has 0 amide bonds. The van der Waals surface area contributed by atoms with E-state index in [-0.39, 0.29) is 28.0 Å².